The van der Waals surface area contributed by atoms with Crippen molar-refractivity contribution in [2.75, 3.05) is 0 Å². The summed E-state index contributed by atoms with van der Waals surface area (Å²) in [6, 6.07) is 10.6. The molecule has 0 amide bonds. The van der Waals surface area contributed by atoms with E-state index in [1.54, 1.807) is 6.21 Å². The van der Waals surface area contributed by atoms with E-state index in [-0.39, 0.29) is 0 Å². The predicted molar refractivity (Wildman–Crippen MR) is 82.1 cm³/mol. The van der Waals surface area contributed by atoms with Gasteiger partial charge in [-0.15, -0.1) is 0 Å². The number of benzene rings is 1. The average Bonchev–Trinajstić information content (AvgIpc) is 3.02. The van der Waals surface area contributed by atoms with Crippen LogP contribution in [0.3, 0.4) is 0 Å². The Morgan fingerprint density at radius 3 is 2.74 bits per heavy atom. The van der Waals surface area contributed by atoms with Crippen molar-refractivity contribution in [3.63, 3.8) is 0 Å². The minimum Gasteiger partial charge on any atom is -0.358 e. The van der Waals surface area contributed by atoms with E-state index in [2.05, 4.69) is 15.8 Å². The van der Waals surface area contributed by atoms with Gasteiger partial charge in [-0.1, -0.05) is 36.8 Å². The second-order valence-electron chi connectivity index (χ2n) is 5.54. The van der Waals surface area contributed by atoms with E-state index in [0.29, 0.717) is 11.2 Å². The lowest BCUT2D eigenvalue weighted by Gasteiger charge is -2.23. The van der Waals surface area contributed by atoms with Gasteiger partial charge < -0.3 is 5.32 Å². The molecule has 3 atom stereocenters. The number of hydrogen-bond acceptors (Lipinski definition) is 2. The van der Waals surface area contributed by atoms with Crippen LogP contribution in [0.2, 0.25) is 0 Å². The van der Waals surface area contributed by atoms with E-state index in [4.69, 9.17) is 12.2 Å². The van der Waals surface area contributed by atoms with Crippen LogP contribution in [0.4, 0.5) is 0 Å². The Kier molecular flexibility index (Phi) is 3.78. The average molecular weight is 273 g/mol. The normalized spacial score (nSPS) is 28.7. The molecule has 2 aliphatic carbocycles. The molecule has 0 aliphatic heterocycles. The number of rotatable bonds is 3. The van der Waals surface area contributed by atoms with Gasteiger partial charge in [-0.25, -0.2) is 0 Å². The maximum Gasteiger partial charge on any atom is 0.187 e. The van der Waals surface area contributed by atoms with Crippen LogP contribution in [0, 0.1) is 11.8 Å². The first-order valence-electron chi connectivity index (χ1n) is 6.96. The summed E-state index contributed by atoms with van der Waals surface area (Å²) in [6.45, 7) is 0. The monoisotopic (exact) mass is 273 g/mol. The van der Waals surface area contributed by atoms with Crippen LogP contribution >= 0.6 is 12.2 Å². The predicted octanol–water partition coefficient (Wildman–Crippen LogP) is 2.67. The lowest BCUT2D eigenvalue weighted by atomic mass is 9.96. The molecule has 1 aromatic carbocycles. The highest BCUT2D eigenvalue weighted by molar-refractivity contribution is 7.80. The van der Waals surface area contributed by atoms with Gasteiger partial charge in [0.1, 0.15) is 0 Å². The van der Waals surface area contributed by atoms with Gasteiger partial charge in [0.2, 0.25) is 0 Å². The van der Waals surface area contributed by atoms with Crippen molar-refractivity contribution in [1.82, 2.24) is 10.7 Å². The number of hydrazone groups is 1. The summed E-state index contributed by atoms with van der Waals surface area (Å²) in [5.74, 6) is 1.75. The maximum atomic E-state index is 5.29. The SMILES string of the molecule is S=C(N/N=C\c1ccccc1)N[C@@H]1C[C@@H]2CC[C@@H]1C2. The largest absolute Gasteiger partial charge is 0.358 e. The van der Waals surface area contributed by atoms with Crippen molar-refractivity contribution < 1.29 is 0 Å². The third-order valence-corrected chi connectivity index (χ3v) is 4.44. The summed E-state index contributed by atoms with van der Waals surface area (Å²) in [4.78, 5) is 0. The Balaban J connectivity index is 1.46. The zero-order valence-corrected chi connectivity index (χ0v) is 11.7. The fourth-order valence-corrected chi connectivity index (χ4v) is 3.53. The summed E-state index contributed by atoms with van der Waals surface area (Å²) < 4.78 is 0. The van der Waals surface area contributed by atoms with Crippen molar-refractivity contribution in [2.45, 2.75) is 31.7 Å². The first kappa shape index (κ1) is 12.6. The van der Waals surface area contributed by atoms with E-state index in [9.17, 15) is 0 Å². The summed E-state index contributed by atoms with van der Waals surface area (Å²) >= 11 is 5.29. The number of nitrogens with zero attached hydrogens (tertiary/aromatic N) is 1. The fraction of sp³-hybridized carbons (Fsp3) is 0.467. The highest BCUT2D eigenvalue weighted by atomic mass is 32.1. The van der Waals surface area contributed by atoms with Crippen molar-refractivity contribution in [2.24, 2.45) is 16.9 Å². The molecule has 2 N–H and O–H groups in total. The third kappa shape index (κ3) is 3.13. The Hall–Kier alpha value is -1.42. The van der Waals surface area contributed by atoms with Crippen LogP contribution in [-0.2, 0) is 0 Å². The highest BCUT2D eigenvalue weighted by Gasteiger charge is 2.39. The smallest absolute Gasteiger partial charge is 0.187 e. The molecule has 100 valence electrons. The molecule has 2 aliphatic rings. The molecule has 0 saturated heterocycles. The van der Waals surface area contributed by atoms with Gasteiger partial charge in [-0.05, 0) is 48.9 Å². The Morgan fingerprint density at radius 1 is 1.21 bits per heavy atom. The van der Waals surface area contributed by atoms with Crippen molar-refractivity contribution in [1.29, 1.82) is 0 Å². The molecule has 4 heteroatoms. The summed E-state index contributed by atoms with van der Waals surface area (Å²) in [5.41, 5.74) is 3.97. The van der Waals surface area contributed by atoms with Crippen molar-refractivity contribution in [3.05, 3.63) is 35.9 Å². The lowest BCUT2D eigenvalue weighted by Crippen LogP contribution is -2.42. The third-order valence-electron chi connectivity index (χ3n) is 4.23. The molecular weight excluding hydrogens is 254 g/mol. The molecule has 2 bridgehead atoms. The molecule has 2 saturated carbocycles. The molecule has 0 unspecified atom stereocenters. The molecular formula is C15H19N3S. The van der Waals surface area contributed by atoms with Gasteiger partial charge in [0.25, 0.3) is 0 Å². The van der Waals surface area contributed by atoms with Gasteiger partial charge in [0.15, 0.2) is 5.11 Å². The van der Waals surface area contributed by atoms with Gasteiger partial charge in [-0.2, -0.15) is 5.10 Å². The van der Waals surface area contributed by atoms with E-state index < -0.39 is 0 Å². The number of fused-ring (bicyclic) bond motifs is 2. The summed E-state index contributed by atoms with van der Waals surface area (Å²) in [7, 11) is 0. The zero-order chi connectivity index (χ0) is 13.1. The van der Waals surface area contributed by atoms with E-state index in [1.165, 1.54) is 25.7 Å². The van der Waals surface area contributed by atoms with Gasteiger partial charge >= 0.3 is 0 Å². The minimum atomic E-state index is 0.561. The molecule has 2 fully saturated rings. The Morgan fingerprint density at radius 2 is 2.05 bits per heavy atom. The minimum absolute atomic E-state index is 0.561. The van der Waals surface area contributed by atoms with Crippen LogP contribution in [0.15, 0.2) is 35.4 Å². The lowest BCUT2D eigenvalue weighted by molar-refractivity contribution is 0.389. The van der Waals surface area contributed by atoms with Crippen LogP contribution in [-0.4, -0.2) is 17.4 Å². The van der Waals surface area contributed by atoms with Crippen LogP contribution in [0.5, 0.6) is 0 Å². The van der Waals surface area contributed by atoms with Gasteiger partial charge in [-0.3, -0.25) is 5.43 Å². The fourth-order valence-electron chi connectivity index (χ4n) is 3.33. The van der Waals surface area contributed by atoms with E-state index in [0.717, 1.165) is 17.4 Å². The Bertz CT molecular complexity index is 472. The van der Waals surface area contributed by atoms with Crippen LogP contribution < -0.4 is 10.7 Å². The number of nitrogens with one attached hydrogen (secondary N) is 2. The zero-order valence-electron chi connectivity index (χ0n) is 10.9. The van der Waals surface area contributed by atoms with E-state index in [1.807, 2.05) is 30.3 Å². The number of hydrogen-bond donors (Lipinski definition) is 2. The maximum absolute atomic E-state index is 5.29. The highest BCUT2D eigenvalue weighted by Crippen LogP contribution is 2.44. The first-order chi connectivity index (χ1) is 9.31. The van der Waals surface area contributed by atoms with Crippen LogP contribution in [0.25, 0.3) is 0 Å². The summed E-state index contributed by atoms with van der Waals surface area (Å²) in [5, 5.41) is 8.21. The topological polar surface area (TPSA) is 36.4 Å². The second-order valence-corrected chi connectivity index (χ2v) is 5.94. The molecule has 0 aromatic heterocycles. The van der Waals surface area contributed by atoms with E-state index >= 15 is 0 Å². The van der Waals surface area contributed by atoms with Gasteiger partial charge in [0, 0.05) is 6.04 Å². The van der Waals surface area contributed by atoms with Gasteiger partial charge in [0.05, 0.1) is 6.21 Å². The quantitative estimate of drug-likeness (QED) is 0.505. The van der Waals surface area contributed by atoms with Crippen molar-refractivity contribution in [3.8, 4) is 0 Å². The standard InChI is InChI=1S/C15H19N3S/c19-15(17-14-9-12-6-7-13(14)8-12)18-16-10-11-4-2-1-3-5-11/h1-5,10,12-14H,6-9H2,(H2,17,18,19)/b16-10-/t12-,13-,14-/m1/s1. The van der Waals surface area contributed by atoms with Crippen molar-refractivity contribution >= 4 is 23.5 Å². The second kappa shape index (κ2) is 5.70. The van der Waals surface area contributed by atoms with Crippen LogP contribution in [0.1, 0.15) is 31.2 Å². The molecule has 0 radical (unpaired) electrons. The molecule has 1 aromatic rings. The molecule has 19 heavy (non-hydrogen) atoms. The molecule has 3 rings (SSSR count). The Labute approximate surface area is 119 Å². The molecule has 3 nitrogen and oxygen atoms in total. The first-order valence-corrected chi connectivity index (χ1v) is 7.37. The molecule has 0 heterocycles. The molecule has 0 spiro atoms. The summed E-state index contributed by atoms with van der Waals surface area (Å²) in [6.07, 6.45) is 7.21. The number of thiocarbonyl (C=S) groups is 1.